The topological polar surface area (TPSA) is 58.2 Å². The predicted molar refractivity (Wildman–Crippen MR) is 74.8 cm³/mol. The zero-order valence-corrected chi connectivity index (χ0v) is 12.4. The maximum Gasteiger partial charge on any atom is 0.232 e. The Kier molecular flexibility index (Phi) is 5.42. The monoisotopic (exact) mass is 320 g/mol. The van der Waals surface area contributed by atoms with E-state index in [4.69, 9.17) is 0 Å². The van der Waals surface area contributed by atoms with E-state index >= 15 is 0 Å². The SMILES string of the molecule is CNCCCS(=O)(=O)Nc1cc(Br)ccc1C. The first-order chi connectivity index (χ1) is 7.94. The molecule has 0 atom stereocenters. The van der Waals surface area contributed by atoms with Crippen LogP contribution in [0.5, 0.6) is 0 Å². The molecule has 0 saturated heterocycles. The number of hydrogen-bond acceptors (Lipinski definition) is 3. The lowest BCUT2D eigenvalue weighted by Gasteiger charge is -2.10. The molecule has 0 amide bonds. The van der Waals surface area contributed by atoms with Crippen LogP contribution in [0.2, 0.25) is 0 Å². The molecule has 2 N–H and O–H groups in total. The zero-order chi connectivity index (χ0) is 12.9. The van der Waals surface area contributed by atoms with Crippen LogP contribution in [0.1, 0.15) is 12.0 Å². The molecule has 0 heterocycles. The third kappa shape index (κ3) is 5.06. The lowest BCUT2D eigenvalue weighted by molar-refractivity contribution is 0.597. The molecule has 0 unspecified atom stereocenters. The zero-order valence-electron chi connectivity index (χ0n) is 9.96. The predicted octanol–water partition coefficient (Wildman–Crippen LogP) is 2.11. The molecule has 0 aliphatic heterocycles. The van der Waals surface area contributed by atoms with Crippen molar-refractivity contribution in [1.29, 1.82) is 0 Å². The van der Waals surface area contributed by atoms with E-state index in [-0.39, 0.29) is 5.75 Å². The molecule has 0 radical (unpaired) electrons. The average molecular weight is 321 g/mol. The van der Waals surface area contributed by atoms with E-state index in [0.717, 1.165) is 10.0 Å². The van der Waals surface area contributed by atoms with E-state index < -0.39 is 10.0 Å². The molecule has 17 heavy (non-hydrogen) atoms. The van der Waals surface area contributed by atoms with Crippen LogP contribution in [0, 0.1) is 6.92 Å². The van der Waals surface area contributed by atoms with Gasteiger partial charge in [-0.15, -0.1) is 0 Å². The van der Waals surface area contributed by atoms with Gasteiger partial charge in [-0.05, 0) is 44.6 Å². The Morgan fingerprint density at radius 3 is 2.71 bits per heavy atom. The number of benzene rings is 1. The van der Waals surface area contributed by atoms with Crippen LogP contribution in [-0.4, -0.2) is 27.8 Å². The lowest BCUT2D eigenvalue weighted by Crippen LogP contribution is -2.20. The Hall–Kier alpha value is -0.590. The van der Waals surface area contributed by atoms with Gasteiger partial charge in [-0.25, -0.2) is 8.42 Å². The van der Waals surface area contributed by atoms with Gasteiger partial charge in [0.25, 0.3) is 0 Å². The molecular formula is C11H17BrN2O2S. The van der Waals surface area contributed by atoms with Crippen LogP contribution < -0.4 is 10.0 Å². The second-order valence-electron chi connectivity index (χ2n) is 3.84. The van der Waals surface area contributed by atoms with Crippen LogP contribution >= 0.6 is 15.9 Å². The van der Waals surface area contributed by atoms with Crippen LogP contribution in [0.4, 0.5) is 5.69 Å². The molecular weight excluding hydrogens is 304 g/mol. The van der Waals surface area contributed by atoms with Gasteiger partial charge < -0.3 is 5.32 Å². The van der Waals surface area contributed by atoms with Gasteiger partial charge in [0.1, 0.15) is 0 Å². The van der Waals surface area contributed by atoms with Crippen molar-refractivity contribution in [3.8, 4) is 0 Å². The van der Waals surface area contributed by atoms with E-state index in [2.05, 4.69) is 26.0 Å². The molecule has 0 aliphatic carbocycles. The van der Waals surface area contributed by atoms with E-state index in [1.165, 1.54) is 0 Å². The number of halogens is 1. The fraction of sp³-hybridized carbons (Fsp3) is 0.455. The molecule has 96 valence electrons. The quantitative estimate of drug-likeness (QED) is 0.789. The molecule has 4 nitrogen and oxygen atoms in total. The summed E-state index contributed by atoms with van der Waals surface area (Å²) in [6.07, 6.45) is 0.596. The van der Waals surface area contributed by atoms with Gasteiger partial charge >= 0.3 is 0 Å². The van der Waals surface area contributed by atoms with E-state index in [9.17, 15) is 8.42 Å². The summed E-state index contributed by atoms with van der Waals surface area (Å²) >= 11 is 3.32. The molecule has 0 aliphatic rings. The summed E-state index contributed by atoms with van der Waals surface area (Å²) in [5, 5.41) is 2.92. The van der Waals surface area contributed by atoms with Gasteiger partial charge in [0, 0.05) is 4.47 Å². The van der Waals surface area contributed by atoms with Crippen molar-refractivity contribution in [3.05, 3.63) is 28.2 Å². The van der Waals surface area contributed by atoms with Crippen LogP contribution in [0.3, 0.4) is 0 Å². The van der Waals surface area contributed by atoms with Crippen LogP contribution in [0.15, 0.2) is 22.7 Å². The molecule has 0 fully saturated rings. The highest BCUT2D eigenvalue weighted by atomic mass is 79.9. The van der Waals surface area contributed by atoms with Gasteiger partial charge in [0.15, 0.2) is 0 Å². The first-order valence-corrected chi connectivity index (χ1v) is 7.80. The van der Waals surface area contributed by atoms with E-state index in [1.54, 1.807) is 13.1 Å². The molecule has 0 saturated carbocycles. The van der Waals surface area contributed by atoms with Gasteiger partial charge in [0.05, 0.1) is 11.4 Å². The largest absolute Gasteiger partial charge is 0.320 e. The fourth-order valence-corrected chi connectivity index (χ4v) is 2.90. The summed E-state index contributed by atoms with van der Waals surface area (Å²) in [4.78, 5) is 0. The van der Waals surface area contributed by atoms with Crippen molar-refractivity contribution in [2.45, 2.75) is 13.3 Å². The van der Waals surface area contributed by atoms with E-state index in [0.29, 0.717) is 18.7 Å². The maximum atomic E-state index is 11.8. The molecule has 1 rings (SSSR count). The van der Waals surface area contributed by atoms with Gasteiger partial charge in [-0.2, -0.15) is 0 Å². The Labute approximate surface area is 111 Å². The van der Waals surface area contributed by atoms with Crippen molar-refractivity contribution < 1.29 is 8.42 Å². The Bertz CT molecular complexity index is 474. The van der Waals surface area contributed by atoms with Crippen LogP contribution in [-0.2, 0) is 10.0 Å². The number of anilines is 1. The summed E-state index contributed by atoms with van der Waals surface area (Å²) in [6, 6.07) is 5.52. The number of sulfonamides is 1. The standard InChI is InChI=1S/C11H17BrN2O2S/c1-9-4-5-10(12)8-11(9)14-17(15,16)7-3-6-13-2/h4-5,8,13-14H,3,6-7H2,1-2H3. The number of hydrogen-bond donors (Lipinski definition) is 2. The van der Waals surface area contributed by atoms with Crippen molar-refractivity contribution in [3.63, 3.8) is 0 Å². The van der Waals surface area contributed by atoms with Crippen LogP contribution in [0.25, 0.3) is 0 Å². The minimum absolute atomic E-state index is 0.125. The maximum absolute atomic E-state index is 11.8. The minimum atomic E-state index is -3.26. The van der Waals surface area contributed by atoms with Gasteiger partial charge in [-0.3, -0.25) is 4.72 Å². The van der Waals surface area contributed by atoms with Crippen molar-refractivity contribution >= 4 is 31.6 Å². The number of aryl methyl sites for hydroxylation is 1. The summed E-state index contributed by atoms with van der Waals surface area (Å²) in [5.74, 6) is 0.125. The highest BCUT2D eigenvalue weighted by molar-refractivity contribution is 9.10. The second kappa shape index (κ2) is 6.37. The van der Waals surface area contributed by atoms with E-state index in [1.807, 2.05) is 19.1 Å². The molecule has 0 bridgehead atoms. The Morgan fingerprint density at radius 1 is 1.35 bits per heavy atom. The molecule has 0 spiro atoms. The van der Waals surface area contributed by atoms with Crippen molar-refractivity contribution in [1.82, 2.24) is 5.32 Å². The highest BCUT2D eigenvalue weighted by Gasteiger charge is 2.11. The number of rotatable bonds is 6. The second-order valence-corrected chi connectivity index (χ2v) is 6.59. The van der Waals surface area contributed by atoms with Gasteiger partial charge in [0.2, 0.25) is 10.0 Å². The third-order valence-corrected chi connectivity index (χ3v) is 4.16. The smallest absolute Gasteiger partial charge is 0.232 e. The first kappa shape index (κ1) is 14.5. The Balaban J connectivity index is 2.72. The fourth-order valence-electron chi connectivity index (χ4n) is 1.36. The van der Waals surface area contributed by atoms with Gasteiger partial charge in [-0.1, -0.05) is 22.0 Å². The Morgan fingerprint density at radius 2 is 2.06 bits per heavy atom. The average Bonchev–Trinajstić information content (AvgIpc) is 2.23. The summed E-state index contributed by atoms with van der Waals surface area (Å²) in [6.45, 7) is 2.57. The molecule has 1 aromatic carbocycles. The minimum Gasteiger partial charge on any atom is -0.320 e. The summed E-state index contributed by atoms with van der Waals surface area (Å²) < 4.78 is 27.0. The summed E-state index contributed by atoms with van der Waals surface area (Å²) in [7, 11) is -1.45. The van der Waals surface area contributed by atoms with Crippen molar-refractivity contribution in [2.24, 2.45) is 0 Å². The number of nitrogens with one attached hydrogen (secondary N) is 2. The van der Waals surface area contributed by atoms with Crippen molar-refractivity contribution in [2.75, 3.05) is 24.1 Å². The summed E-state index contributed by atoms with van der Waals surface area (Å²) in [5.41, 5.74) is 1.54. The molecule has 6 heteroatoms. The first-order valence-electron chi connectivity index (χ1n) is 5.36. The lowest BCUT2D eigenvalue weighted by atomic mass is 10.2. The highest BCUT2D eigenvalue weighted by Crippen LogP contribution is 2.21. The molecule has 0 aromatic heterocycles. The normalized spacial score (nSPS) is 11.5. The third-order valence-electron chi connectivity index (χ3n) is 2.30. The molecule has 1 aromatic rings.